The molecule has 116 valence electrons. The summed E-state index contributed by atoms with van der Waals surface area (Å²) >= 11 is 0. The van der Waals surface area contributed by atoms with E-state index in [1.54, 1.807) is 12.3 Å². The van der Waals surface area contributed by atoms with Gasteiger partial charge in [-0.3, -0.25) is 9.59 Å². The Balaban J connectivity index is 2.67. The normalized spacial score (nSPS) is 11.9. The molecule has 0 aromatic carbocycles. The van der Waals surface area contributed by atoms with Gasteiger partial charge in [-0.25, -0.2) is 4.98 Å². The van der Waals surface area contributed by atoms with Crippen LogP contribution in [0.15, 0.2) is 18.3 Å². The molecule has 21 heavy (non-hydrogen) atoms. The van der Waals surface area contributed by atoms with Crippen LogP contribution in [0.5, 0.6) is 0 Å². The Labute approximate surface area is 126 Å². The van der Waals surface area contributed by atoms with Gasteiger partial charge in [-0.05, 0) is 44.2 Å². The molecular formula is C16H25N3O2. The maximum absolute atomic E-state index is 12.0. The highest BCUT2D eigenvalue weighted by Crippen LogP contribution is 2.26. The molecule has 0 atom stereocenters. The molecule has 5 heteroatoms. The number of aryl methyl sites for hydroxylation is 1. The summed E-state index contributed by atoms with van der Waals surface area (Å²) in [5.74, 6) is -0.931. The third-order valence-corrected chi connectivity index (χ3v) is 2.87. The Morgan fingerprint density at radius 1 is 1.14 bits per heavy atom. The number of amides is 2. The third-order valence-electron chi connectivity index (χ3n) is 2.87. The van der Waals surface area contributed by atoms with Crippen LogP contribution in [0, 0.1) is 12.3 Å². The van der Waals surface area contributed by atoms with E-state index < -0.39 is 17.4 Å². The summed E-state index contributed by atoms with van der Waals surface area (Å²) in [6.07, 6.45) is 2.34. The van der Waals surface area contributed by atoms with Crippen LogP contribution in [-0.4, -0.2) is 22.3 Å². The topological polar surface area (TPSA) is 71.1 Å². The van der Waals surface area contributed by atoms with E-state index in [1.807, 2.05) is 26.8 Å². The molecule has 1 aromatic heterocycles. The number of rotatable bonds is 3. The molecule has 0 saturated carbocycles. The number of carbonyl (C=O) groups is 2. The fraction of sp³-hybridized carbons (Fsp3) is 0.562. The van der Waals surface area contributed by atoms with Crippen LogP contribution in [0.3, 0.4) is 0 Å². The number of pyridine rings is 1. The number of nitrogens with one attached hydrogen (secondary N) is 2. The maximum atomic E-state index is 12.0. The van der Waals surface area contributed by atoms with Gasteiger partial charge in [0.1, 0.15) is 5.82 Å². The van der Waals surface area contributed by atoms with Crippen molar-refractivity contribution in [3.05, 3.63) is 23.9 Å². The van der Waals surface area contributed by atoms with Gasteiger partial charge in [0.2, 0.25) is 0 Å². The van der Waals surface area contributed by atoms with Crippen molar-refractivity contribution < 1.29 is 9.59 Å². The first kappa shape index (κ1) is 17.1. The van der Waals surface area contributed by atoms with E-state index in [-0.39, 0.29) is 5.41 Å². The zero-order chi connectivity index (χ0) is 16.3. The van der Waals surface area contributed by atoms with E-state index in [2.05, 4.69) is 36.4 Å². The van der Waals surface area contributed by atoms with Crippen LogP contribution >= 0.6 is 0 Å². The monoisotopic (exact) mass is 291 g/mol. The molecular weight excluding hydrogens is 266 g/mol. The minimum Gasteiger partial charge on any atom is -0.343 e. The second kappa shape index (κ2) is 6.24. The molecule has 0 aliphatic rings. The van der Waals surface area contributed by atoms with Crippen LogP contribution in [0.4, 0.5) is 5.82 Å². The van der Waals surface area contributed by atoms with Crippen molar-refractivity contribution in [2.45, 2.75) is 53.5 Å². The Morgan fingerprint density at radius 2 is 1.76 bits per heavy atom. The molecule has 0 fully saturated rings. The lowest BCUT2D eigenvalue weighted by molar-refractivity contribution is -0.137. The van der Waals surface area contributed by atoms with E-state index in [1.165, 1.54) is 0 Å². The summed E-state index contributed by atoms with van der Waals surface area (Å²) in [4.78, 5) is 28.0. The molecule has 0 aliphatic heterocycles. The average molecular weight is 291 g/mol. The smallest absolute Gasteiger partial charge is 0.314 e. The van der Waals surface area contributed by atoms with Gasteiger partial charge in [0, 0.05) is 11.7 Å². The first-order valence-corrected chi connectivity index (χ1v) is 7.05. The van der Waals surface area contributed by atoms with Crippen molar-refractivity contribution in [2.24, 2.45) is 5.41 Å². The number of hydrogen-bond acceptors (Lipinski definition) is 3. The summed E-state index contributed by atoms with van der Waals surface area (Å²) in [5, 5.41) is 5.31. The van der Waals surface area contributed by atoms with Crippen LogP contribution < -0.4 is 10.6 Å². The number of hydrogen-bond donors (Lipinski definition) is 2. The maximum Gasteiger partial charge on any atom is 0.314 e. The Morgan fingerprint density at radius 3 is 2.29 bits per heavy atom. The van der Waals surface area contributed by atoms with Crippen LogP contribution in [0.1, 0.15) is 46.6 Å². The number of nitrogens with zero attached hydrogens (tertiary/aromatic N) is 1. The molecule has 2 N–H and O–H groups in total. The quantitative estimate of drug-likeness (QED) is 0.841. The Hall–Kier alpha value is -1.91. The molecule has 0 bridgehead atoms. The minimum absolute atomic E-state index is 0.0603. The highest BCUT2D eigenvalue weighted by atomic mass is 16.2. The highest BCUT2D eigenvalue weighted by molar-refractivity contribution is 6.39. The lowest BCUT2D eigenvalue weighted by atomic mass is 9.82. The molecule has 1 heterocycles. The molecule has 0 spiro atoms. The largest absolute Gasteiger partial charge is 0.343 e. The summed E-state index contributed by atoms with van der Waals surface area (Å²) in [6, 6.07) is 3.60. The van der Waals surface area contributed by atoms with Crippen molar-refractivity contribution in [3.63, 3.8) is 0 Å². The SMILES string of the molecule is Cc1cccnc1NC(=O)C(=O)NC(C)(C)CC(C)(C)C. The molecule has 0 radical (unpaired) electrons. The highest BCUT2D eigenvalue weighted by Gasteiger charge is 2.29. The number of aromatic nitrogens is 1. The lowest BCUT2D eigenvalue weighted by Crippen LogP contribution is -2.49. The standard InChI is InChI=1S/C16H25N3O2/c1-11-8-7-9-17-12(11)18-13(20)14(21)19-16(5,6)10-15(2,3)4/h7-9H,10H2,1-6H3,(H,19,21)(H,17,18,20). The van der Waals surface area contributed by atoms with Gasteiger partial charge in [0.05, 0.1) is 0 Å². The first-order valence-electron chi connectivity index (χ1n) is 7.05. The molecule has 2 amide bonds. The predicted molar refractivity (Wildman–Crippen MR) is 83.9 cm³/mol. The van der Waals surface area contributed by atoms with Crippen LogP contribution in [0.25, 0.3) is 0 Å². The number of carbonyl (C=O) groups excluding carboxylic acids is 2. The second-order valence-electron chi connectivity index (χ2n) is 7.20. The van der Waals surface area contributed by atoms with E-state index in [4.69, 9.17) is 0 Å². The zero-order valence-corrected chi connectivity index (χ0v) is 13.7. The van der Waals surface area contributed by atoms with Gasteiger partial charge < -0.3 is 10.6 Å². The summed E-state index contributed by atoms with van der Waals surface area (Å²) in [5.41, 5.74) is 0.420. The van der Waals surface area contributed by atoms with E-state index >= 15 is 0 Å². The van der Waals surface area contributed by atoms with Gasteiger partial charge in [-0.1, -0.05) is 26.8 Å². The van der Waals surface area contributed by atoms with E-state index in [0.717, 1.165) is 12.0 Å². The summed E-state index contributed by atoms with van der Waals surface area (Å²) in [7, 11) is 0. The van der Waals surface area contributed by atoms with Gasteiger partial charge in [0.25, 0.3) is 0 Å². The predicted octanol–water partition coefficient (Wildman–Crippen LogP) is 2.66. The van der Waals surface area contributed by atoms with E-state index in [9.17, 15) is 9.59 Å². The van der Waals surface area contributed by atoms with Gasteiger partial charge in [-0.2, -0.15) is 0 Å². The third kappa shape index (κ3) is 5.94. The second-order valence-corrected chi connectivity index (χ2v) is 7.20. The van der Waals surface area contributed by atoms with Crippen molar-refractivity contribution in [1.29, 1.82) is 0 Å². The van der Waals surface area contributed by atoms with Crippen molar-refractivity contribution >= 4 is 17.6 Å². The van der Waals surface area contributed by atoms with E-state index in [0.29, 0.717) is 5.82 Å². The van der Waals surface area contributed by atoms with Crippen molar-refractivity contribution in [1.82, 2.24) is 10.3 Å². The van der Waals surface area contributed by atoms with Gasteiger partial charge in [0.15, 0.2) is 0 Å². The molecule has 0 aliphatic carbocycles. The molecule has 1 aromatic rings. The van der Waals surface area contributed by atoms with Crippen LogP contribution in [-0.2, 0) is 9.59 Å². The zero-order valence-electron chi connectivity index (χ0n) is 13.7. The molecule has 1 rings (SSSR count). The van der Waals surface area contributed by atoms with Gasteiger partial charge >= 0.3 is 11.8 Å². The Kier molecular flexibility index (Phi) is 5.10. The molecule has 0 unspecified atom stereocenters. The first-order chi connectivity index (χ1) is 9.50. The molecule has 0 saturated heterocycles. The summed E-state index contributed by atoms with van der Waals surface area (Å²) < 4.78 is 0. The minimum atomic E-state index is -0.696. The Bertz CT molecular complexity index is 531. The van der Waals surface area contributed by atoms with Gasteiger partial charge in [-0.15, -0.1) is 0 Å². The van der Waals surface area contributed by atoms with Crippen molar-refractivity contribution in [3.8, 4) is 0 Å². The fourth-order valence-electron chi connectivity index (χ4n) is 2.51. The lowest BCUT2D eigenvalue weighted by Gasteiger charge is -2.33. The summed E-state index contributed by atoms with van der Waals surface area (Å²) in [6.45, 7) is 11.9. The van der Waals surface area contributed by atoms with Crippen LogP contribution in [0.2, 0.25) is 0 Å². The average Bonchev–Trinajstić information content (AvgIpc) is 2.28. The van der Waals surface area contributed by atoms with Crippen molar-refractivity contribution in [2.75, 3.05) is 5.32 Å². The number of anilines is 1. The molecule has 5 nitrogen and oxygen atoms in total. The fourth-order valence-corrected chi connectivity index (χ4v) is 2.51.